The quantitative estimate of drug-likeness (QED) is 0.930. The molecule has 1 fully saturated rings. The number of hydrogen-bond donors (Lipinski definition) is 1. The van der Waals surface area contributed by atoms with Crippen molar-refractivity contribution >= 4 is 0 Å². The molecule has 0 aliphatic carbocycles. The van der Waals surface area contributed by atoms with Crippen molar-refractivity contribution in [3.05, 3.63) is 59.7 Å². The lowest BCUT2D eigenvalue weighted by Crippen LogP contribution is -2.16. The largest absolute Gasteiger partial charge is 0.372 e. The monoisotopic (exact) mass is 289 g/mol. The highest BCUT2D eigenvalue weighted by molar-refractivity contribution is 5.67. The van der Waals surface area contributed by atoms with Gasteiger partial charge in [-0.15, -0.1) is 0 Å². The highest BCUT2D eigenvalue weighted by atomic mass is 19.2. The third kappa shape index (κ3) is 3.28. The average Bonchev–Trinajstić information content (AvgIpc) is 3.02. The van der Waals surface area contributed by atoms with Crippen LogP contribution in [-0.4, -0.2) is 19.2 Å². The van der Waals surface area contributed by atoms with E-state index in [-0.39, 0.29) is 6.10 Å². The molecular weight excluding hydrogens is 272 g/mol. The van der Waals surface area contributed by atoms with Gasteiger partial charge in [-0.2, -0.15) is 0 Å². The first-order chi connectivity index (χ1) is 10.2. The Morgan fingerprint density at radius 3 is 2.71 bits per heavy atom. The molecular formula is C17H17F2NO. The molecule has 0 radical (unpaired) electrons. The van der Waals surface area contributed by atoms with Gasteiger partial charge in [0.15, 0.2) is 11.6 Å². The maximum Gasteiger partial charge on any atom is 0.159 e. The number of ether oxygens (including phenoxy) is 1. The van der Waals surface area contributed by atoms with Crippen molar-refractivity contribution in [3.63, 3.8) is 0 Å². The summed E-state index contributed by atoms with van der Waals surface area (Å²) in [4.78, 5) is 0. The molecule has 2 aromatic rings. The molecule has 2 nitrogen and oxygen atoms in total. The molecule has 0 unspecified atom stereocenters. The molecule has 4 heteroatoms. The fourth-order valence-corrected chi connectivity index (χ4v) is 2.57. The predicted molar refractivity (Wildman–Crippen MR) is 77.9 cm³/mol. The van der Waals surface area contributed by atoms with Crippen LogP contribution in [0.1, 0.15) is 12.0 Å². The van der Waals surface area contributed by atoms with E-state index in [1.54, 1.807) is 6.07 Å². The molecule has 110 valence electrons. The van der Waals surface area contributed by atoms with Crippen LogP contribution in [0.25, 0.3) is 11.1 Å². The van der Waals surface area contributed by atoms with Gasteiger partial charge in [0.2, 0.25) is 0 Å². The molecule has 0 aromatic heterocycles. The summed E-state index contributed by atoms with van der Waals surface area (Å²) in [6, 6.07) is 11.6. The second kappa shape index (κ2) is 6.33. The Bertz CT molecular complexity index is 624. The molecule has 1 saturated heterocycles. The Kier molecular flexibility index (Phi) is 4.27. The van der Waals surface area contributed by atoms with Gasteiger partial charge in [0.05, 0.1) is 12.7 Å². The van der Waals surface area contributed by atoms with Gasteiger partial charge in [-0.1, -0.05) is 30.3 Å². The second-order valence-electron chi connectivity index (χ2n) is 5.21. The van der Waals surface area contributed by atoms with E-state index in [0.29, 0.717) is 12.2 Å². The van der Waals surface area contributed by atoms with E-state index in [4.69, 9.17) is 4.74 Å². The first kappa shape index (κ1) is 14.2. The molecule has 0 amide bonds. The standard InChI is InChI=1S/C17H17F2NO/c18-16-6-5-12(9-17(16)19)15-4-2-1-3-13(15)11-21-14-7-8-20-10-14/h1-6,9,14,20H,7-8,10-11H2/t14-/m1/s1. The van der Waals surface area contributed by atoms with Crippen LogP contribution in [0.5, 0.6) is 0 Å². The zero-order valence-electron chi connectivity index (χ0n) is 11.6. The molecule has 1 atom stereocenters. The smallest absolute Gasteiger partial charge is 0.159 e. The van der Waals surface area contributed by atoms with Crippen LogP contribution < -0.4 is 5.32 Å². The highest BCUT2D eigenvalue weighted by Gasteiger charge is 2.15. The van der Waals surface area contributed by atoms with E-state index in [0.717, 1.165) is 36.7 Å². The Balaban J connectivity index is 1.82. The maximum absolute atomic E-state index is 13.4. The third-order valence-corrected chi connectivity index (χ3v) is 3.74. The minimum Gasteiger partial charge on any atom is -0.372 e. The van der Waals surface area contributed by atoms with Gasteiger partial charge in [0.1, 0.15) is 0 Å². The summed E-state index contributed by atoms with van der Waals surface area (Å²) < 4.78 is 32.3. The summed E-state index contributed by atoms with van der Waals surface area (Å²) in [6.45, 7) is 2.32. The number of rotatable bonds is 4. The van der Waals surface area contributed by atoms with Crippen molar-refractivity contribution in [1.29, 1.82) is 0 Å². The molecule has 0 bridgehead atoms. The van der Waals surface area contributed by atoms with E-state index in [1.807, 2.05) is 24.3 Å². The lowest BCUT2D eigenvalue weighted by Gasteiger charge is -2.14. The molecule has 0 spiro atoms. The van der Waals surface area contributed by atoms with Crippen molar-refractivity contribution in [1.82, 2.24) is 5.32 Å². The number of nitrogens with one attached hydrogen (secondary N) is 1. The van der Waals surface area contributed by atoms with Crippen molar-refractivity contribution in [3.8, 4) is 11.1 Å². The Labute approximate surface area is 122 Å². The van der Waals surface area contributed by atoms with E-state index >= 15 is 0 Å². The van der Waals surface area contributed by atoms with Gasteiger partial charge in [0, 0.05) is 6.54 Å². The molecule has 1 heterocycles. The Hall–Kier alpha value is -1.78. The van der Waals surface area contributed by atoms with Crippen molar-refractivity contribution < 1.29 is 13.5 Å². The predicted octanol–water partition coefficient (Wildman–Crippen LogP) is 3.51. The third-order valence-electron chi connectivity index (χ3n) is 3.74. The van der Waals surface area contributed by atoms with Crippen molar-refractivity contribution in [2.24, 2.45) is 0 Å². The van der Waals surface area contributed by atoms with Crippen LogP contribution in [0.15, 0.2) is 42.5 Å². The van der Waals surface area contributed by atoms with E-state index in [1.165, 1.54) is 6.07 Å². The molecule has 1 aliphatic heterocycles. The Morgan fingerprint density at radius 1 is 1.10 bits per heavy atom. The van der Waals surface area contributed by atoms with Crippen molar-refractivity contribution in [2.75, 3.05) is 13.1 Å². The van der Waals surface area contributed by atoms with E-state index in [9.17, 15) is 8.78 Å². The molecule has 0 saturated carbocycles. The lowest BCUT2D eigenvalue weighted by atomic mass is 10.00. The summed E-state index contributed by atoms with van der Waals surface area (Å²) in [6.07, 6.45) is 1.23. The zero-order chi connectivity index (χ0) is 14.7. The van der Waals surface area contributed by atoms with Gasteiger partial charge < -0.3 is 10.1 Å². The fraction of sp³-hybridized carbons (Fsp3) is 0.294. The first-order valence-electron chi connectivity index (χ1n) is 7.09. The summed E-state index contributed by atoms with van der Waals surface area (Å²) >= 11 is 0. The summed E-state index contributed by atoms with van der Waals surface area (Å²) in [5, 5.41) is 3.25. The lowest BCUT2D eigenvalue weighted by molar-refractivity contribution is 0.0545. The summed E-state index contributed by atoms with van der Waals surface area (Å²) in [5.74, 6) is -1.66. The van der Waals surface area contributed by atoms with Crippen LogP contribution in [-0.2, 0) is 11.3 Å². The Morgan fingerprint density at radius 2 is 1.95 bits per heavy atom. The van der Waals surface area contributed by atoms with Crippen LogP contribution in [0, 0.1) is 11.6 Å². The molecule has 1 N–H and O–H groups in total. The molecule has 3 rings (SSSR count). The van der Waals surface area contributed by atoms with Gasteiger partial charge >= 0.3 is 0 Å². The number of benzene rings is 2. The van der Waals surface area contributed by atoms with Gasteiger partial charge in [-0.05, 0) is 41.8 Å². The highest BCUT2D eigenvalue weighted by Crippen LogP contribution is 2.26. The average molecular weight is 289 g/mol. The van der Waals surface area contributed by atoms with Crippen LogP contribution >= 0.6 is 0 Å². The number of halogens is 2. The van der Waals surface area contributed by atoms with Gasteiger partial charge in [-0.25, -0.2) is 8.78 Å². The van der Waals surface area contributed by atoms with Crippen molar-refractivity contribution in [2.45, 2.75) is 19.1 Å². The normalized spacial score (nSPS) is 18.1. The minimum atomic E-state index is -0.830. The number of hydrogen-bond acceptors (Lipinski definition) is 2. The summed E-state index contributed by atoms with van der Waals surface area (Å²) in [7, 11) is 0. The molecule has 1 aliphatic rings. The maximum atomic E-state index is 13.4. The minimum absolute atomic E-state index is 0.225. The van der Waals surface area contributed by atoms with Gasteiger partial charge in [-0.3, -0.25) is 0 Å². The molecule has 21 heavy (non-hydrogen) atoms. The summed E-state index contributed by atoms with van der Waals surface area (Å²) in [5.41, 5.74) is 2.52. The van der Waals surface area contributed by atoms with Gasteiger partial charge in [0.25, 0.3) is 0 Å². The topological polar surface area (TPSA) is 21.3 Å². The van der Waals surface area contributed by atoms with E-state index < -0.39 is 11.6 Å². The van der Waals surface area contributed by atoms with Crippen LogP contribution in [0.4, 0.5) is 8.78 Å². The second-order valence-corrected chi connectivity index (χ2v) is 5.21. The zero-order valence-corrected chi connectivity index (χ0v) is 11.6. The van der Waals surface area contributed by atoms with Crippen LogP contribution in [0.3, 0.4) is 0 Å². The molecule has 2 aromatic carbocycles. The van der Waals surface area contributed by atoms with Crippen LogP contribution in [0.2, 0.25) is 0 Å². The van der Waals surface area contributed by atoms with E-state index in [2.05, 4.69) is 5.32 Å². The SMILES string of the molecule is Fc1ccc(-c2ccccc2CO[C@@H]2CCNC2)cc1F. The fourth-order valence-electron chi connectivity index (χ4n) is 2.57. The first-order valence-corrected chi connectivity index (χ1v) is 7.09.